The van der Waals surface area contributed by atoms with Crippen LogP contribution >= 0.6 is 0 Å². The molecule has 3 aromatic rings. The maximum atomic E-state index is 12.8. The Morgan fingerprint density at radius 1 is 1.10 bits per heavy atom. The Hall–Kier alpha value is -3.15. The van der Waals surface area contributed by atoms with Crippen molar-refractivity contribution >= 4 is 11.6 Å². The highest BCUT2D eigenvalue weighted by Gasteiger charge is 2.36. The van der Waals surface area contributed by atoms with Gasteiger partial charge < -0.3 is 14.2 Å². The number of ether oxygens (including phenoxy) is 1. The average molecular weight is 389 g/mol. The fraction of sp³-hybridized carbons (Fsp3) is 0.348. The van der Waals surface area contributed by atoms with E-state index in [9.17, 15) is 4.79 Å². The van der Waals surface area contributed by atoms with Gasteiger partial charge in [-0.2, -0.15) is 4.98 Å². The first-order valence-corrected chi connectivity index (χ1v) is 10.1. The number of amides is 1. The van der Waals surface area contributed by atoms with Gasteiger partial charge in [-0.05, 0) is 55.0 Å². The Labute approximate surface area is 169 Å². The van der Waals surface area contributed by atoms with Gasteiger partial charge in [-0.3, -0.25) is 4.79 Å². The van der Waals surface area contributed by atoms with Gasteiger partial charge >= 0.3 is 0 Å². The molecule has 1 unspecified atom stereocenters. The zero-order valence-electron chi connectivity index (χ0n) is 16.4. The summed E-state index contributed by atoms with van der Waals surface area (Å²) in [5, 5.41) is 4.18. The summed E-state index contributed by atoms with van der Waals surface area (Å²) < 4.78 is 10.9. The lowest BCUT2D eigenvalue weighted by Crippen LogP contribution is -2.26. The van der Waals surface area contributed by atoms with Crippen molar-refractivity contribution in [2.45, 2.75) is 38.0 Å². The molecule has 1 saturated heterocycles. The second-order valence-corrected chi connectivity index (χ2v) is 7.69. The molecule has 6 heteroatoms. The number of aromatic nitrogens is 2. The number of benzene rings is 2. The predicted octanol–water partition coefficient (Wildman–Crippen LogP) is 4.14. The number of methoxy groups -OCH3 is 1. The lowest BCUT2D eigenvalue weighted by atomic mass is 9.90. The van der Waals surface area contributed by atoms with Crippen LogP contribution in [0.4, 0.5) is 5.69 Å². The van der Waals surface area contributed by atoms with E-state index in [1.807, 2.05) is 29.2 Å². The van der Waals surface area contributed by atoms with Gasteiger partial charge in [0.15, 0.2) is 5.82 Å². The van der Waals surface area contributed by atoms with E-state index >= 15 is 0 Å². The summed E-state index contributed by atoms with van der Waals surface area (Å²) in [6, 6.07) is 13.9. The van der Waals surface area contributed by atoms with Crippen LogP contribution in [0.5, 0.6) is 5.75 Å². The maximum Gasteiger partial charge on any atom is 0.261 e. The van der Waals surface area contributed by atoms with E-state index in [1.165, 1.54) is 24.0 Å². The molecule has 1 aromatic heterocycles. The zero-order valence-corrected chi connectivity index (χ0v) is 16.4. The number of aryl methyl sites for hydroxylation is 1. The summed E-state index contributed by atoms with van der Waals surface area (Å²) in [4.78, 5) is 19.3. The number of carbonyl (C=O) groups excluding carboxylic acids is 1. The van der Waals surface area contributed by atoms with Crippen LogP contribution < -0.4 is 9.64 Å². The first-order chi connectivity index (χ1) is 14.2. The number of anilines is 1. The SMILES string of the molecule is COc1ccccc1-c1nc(C2CC(=O)N(c3cccc4c3CCCC4)C2)no1. The minimum atomic E-state index is -0.0749. The predicted molar refractivity (Wildman–Crippen MR) is 109 cm³/mol. The minimum absolute atomic E-state index is 0.0749. The van der Waals surface area contributed by atoms with E-state index in [4.69, 9.17) is 9.26 Å². The largest absolute Gasteiger partial charge is 0.496 e. The molecule has 5 rings (SSSR count). The molecule has 2 heterocycles. The quantitative estimate of drug-likeness (QED) is 0.671. The van der Waals surface area contributed by atoms with Crippen molar-refractivity contribution in [1.29, 1.82) is 0 Å². The Kier molecular flexibility index (Phi) is 4.54. The number of rotatable bonds is 4. The Bertz CT molecular complexity index is 1060. The molecule has 2 aliphatic rings. The Morgan fingerprint density at radius 3 is 2.86 bits per heavy atom. The second-order valence-electron chi connectivity index (χ2n) is 7.69. The molecule has 1 fully saturated rings. The lowest BCUT2D eigenvalue weighted by molar-refractivity contribution is -0.117. The van der Waals surface area contributed by atoms with Crippen LogP contribution in [0.15, 0.2) is 47.0 Å². The molecule has 1 amide bonds. The highest BCUT2D eigenvalue weighted by atomic mass is 16.5. The molecule has 1 aliphatic carbocycles. The van der Waals surface area contributed by atoms with Crippen molar-refractivity contribution in [1.82, 2.24) is 10.1 Å². The van der Waals surface area contributed by atoms with E-state index in [0.717, 1.165) is 24.1 Å². The van der Waals surface area contributed by atoms with Gasteiger partial charge in [0.2, 0.25) is 5.91 Å². The lowest BCUT2D eigenvalue weighted by Gasteiger charge is -2.25. The van der Waals surface area contributed by atoms with Crippen LogP contribution in [0.3, 0.4) is 0 Å². The first-order valence-electron chi connectivity index (χ1n) is 10.1. The van der Waals surface area contributed by atoms with Gasteiger partial charge in [0.05, 0.1) is 12.7 Å². The topological polar surface area (TPSA) is 68.5 Å². The van der Waals surface area contributed by atoms with Gasteiger partial charge in [-0.25, -0.2) is 0 Å². The number of fused-ring (bicyclic) bond motifs is 1. The smallest absolute Gasteiger partial charge is 0.261 e. The van der Waals surface area contributed by atoms with Gasteiger partial charge in [-0.15, -0.1) is 0 Å². The number of nitrogens with zero attached hydrogens (tertiary/aromatic N) is 3. The van der Waals surface area contributed by atoms with Crippen molar-refractivity contribution in [3.8, 4) is 17.2 Å². The molecule has 0 saturated carbocycles. The average Bonchev–Trinajstić information content (AvgIpc) is 3.40. The molecule has 0 N–H and O–H groups in total. The van der Waals surface area contributed by atoms with E-state index in [2.05, 4.69) is 28.3 Å². The third-order valence-electron chi connectivity index (χ3n) is 5.93. The van der Waals surface area contributed by atoms with Gasteiger partial charge in [0.25, 0.3) is 5.89 Å². The fourth-order valence-electron chi connectivity index (χ4n) is 4.46. The Morgan fingerprint density at radius 2 is 1.97 bits per heavy atom. The number of carbonyl (C=O) groups is 1. The monoisotopic (exact) mass is 389 g/mol. The molecule has 29 heavy (non-hydrogen) atoms. The van der Waals surface area contributed by atoms with Crippen molar-refractivity contribution in [2.75, 3.05) is 18.6 Å². The molecule has 0 spiro atoms. The molecule has 6 nitrogen and oxygen atoms in total. The van der Waals surface area contributed by atoms with Crippen LogP contribution in [0, 0.1) is 0 Å². The van der Waals surface area contributed by atoms with Crippen LogP contribution in [-0.2, 0) is 17.6 Å². The van der Waals surface area contributed by atoms with Crippen LogP contribution in [-0.4, -0.2) is 29.7 Å². The molecule has 148 valence electrons. The van der Waals surface area contributed by atoms with Crippen LogP contribution in [0.1, 0.15) is 42.1 Å². The van der Waals surface area contributed by atoms with Crippen LogP contribution in [0.2, 0.25) is 0 Å². The standard InChI is InChI=1S/C23H23N3O3/c1-28-20-12-5-4-10-18(20)23-24-22(25-29-23)16-13-21(27)26(14-16)19-11-6-8-15-7-2-3-9-17(15)19/h4-6,8,10-12,16H,2-3,7,9,13-14H2,1H3. The van der Waals surface area contributed by atoms with E-state index < -0.39 is 0 Å². The van der Waals surface area contributed by atoms with E-state index in [0.29, 0.717) is 30.4 Å². The highest BCUT2D eigenvalue weighted by Crippen LogP contribution is 2.37. The van der Waals surface area contributed by atoms with Crippen LogP contribution in [0.25, 0.3) is 11.5 Å². The highest BCUT2D eigenvalue weighted by molar-refractivity contribution is 5.97. The summed E-state index contributed by atoms with van der Waals surface area (Å²) in [5.74, 6) is 1.72. The number of para-hydroxylation sites is 1. The molecule has 1 atom stereocenters. The molecule has 0 radical (unpaired) electrons. The van der Waals surface area contributed by atoms with Crippen molar-refractivity contribution in [3.05, 3.63) is 59.4 Å². The van der Waals surface area contributed by atoms with E-state index in [1.54, 1.807) is 7.11 Å². The zero-order chi connectivity index (χ0) is 19.8. The minimum Gasteiger partial charge on any atom is -0.496 e. The van der Waals surface area contributed by atoms with Gasteiger partial charge in [0, 0.05) is 24.6 Å². The summed E-state index contributed by atoms with van der Waals surface area (Å²) >= 11 is 0. The summed E-state index contributed by atoms with van der Waals surface area (Å²) in [5.41, 5.74) is 4.52. The third kappa shape index (κ3) is 3.18. The van der Waals surface area contributed by atoms with Crippen molar-refractivity contribution in [2.24, 2.45) is 0 Å². The van der Waals surface area contributed by atoms with Crippen molar-refractivity contribution in [3.63, 3.8) is 0 Å². The van der Waals surface area contributed by atoms with E-state index in [-0.39, 0.29) is 11.8 Å². The second kappa shape index (κ2) is 7.35. The van der Waals surface area contributed by atoms with Gasteiger partial charge in [0.1, 0.15) is 5.75 Å². The third-order valence-corrected chi connectivity index (χ3v) is 5.93. The normalized spacial score (nSPS) is 18.7. The van der Waals surface area contributed by atoms with Gasteiger partial charge in [-0.1, -0.05) is 29.4 Å². The number of hydrogen-bond acceptors (Lipinski definition) is 5. The van der Waals surface area contributed by atoms with Crippen molar-refractivity contribution < 1.29 is 14.1 Å². The summed E-state index contributed by atoms with van der Waals surface area (Å²) in [6.07, 6.45) is 4.95. The fourth-order valence-corrected chi connectivity index (χ4v) is 4.46. The molecule has 0 bridgehead atoms. The number of hydrogen-bond donors (Lipinski definition) is 0. The molecular formula is C23H23N3O3. The molecule has 1 aliphatic heterocycles. The maximum absolute atomic E-state index is 12.8. The Balaban J connectivity index is 1.41. The molecule has 2 aromatic carbocycles. The summed E-state index contributed by atoms with van der Waals surface area (Å²) in [6.45, 7) is 0.584. The molecular weight excluding hydrogens is 366 g/mol. The summed E-state index contributed by atoms with van der Waals surface area (Å²) in [7, 11) is 1.62. The first kappa shape index (κ1) is 17.9.